The second-order valence-corrected chi connectivity index (χ2v) is 9.19. The average Bonchev–Trinajstić information content (AvgIpc) is 2.99. The van der Waals surface area contributed by atoms with E-state index in [0.29, 0.717) is 11.8 Å². The van der Waals surface area contributed by atoms with Gasteiger partial charge in [-0.05, 0) is 63.2 Å². The molecule has 5 fully saturated rings. The van der Waals surface area contributed by atoms with Crippen molar-refractivity contribution in [2.45, 2.75) is 57.5 Å². The highest BCUT2D eigenvalue weighted by atomic mass is 16.6. The number of fused-ring (bicyclic) bond motifs is 1. The Kier molecular flexibility index (Phi) is 2.66. The zero-order chi connectivity index (χ0) is 16.9. The Hall–Kier alpha value is -1.32. The van der Waals surface area contributed by atoms with Crippen LogP contribution in [0.4, 0.5) is 0 Å². The second-order valence-electron chi connectivity index (χ2n) is 9.19. The Morgan fingerprint density at radius 3 is 2.88 bits per heavy atom. The second kappa shape index (κ2) is 4.25. The van der Waals surface area contributed by atoms with Gasteiger partial charge < -0.3 is 9.47 Å². The standard InChI is InChI=1S/C20H26O4/c1-11-9-19-10-12(11)5-6-13(19)20-8-4-7-18(2,17(22)24-20)15(20)14(19)16(21)23-3/h12-15H,1,4-10H2,2-3H3/t12?,13-,14-,15-,18?,19+,20-/m1/s1. The minimum Gasteiger partial charge on any atom is -0.469 e. The number of rotatable bonds is 1. The van der Waals surface area contributed by atoms with E-state index in [4.69, 9.17) is 9.47 Å². The summed E-state index contributed by atoms with van der Waals surface area (Å²) >= 11 is 0. The Balaban J connectivity index is 1.74. The molecule has 0 N–H and O–H groups in total. The molecule has 4 heteroatoms. The van der Waals surface area contributed by atoms with Crippen molar-refractivity contribution in [3.63, 3.8) is 0 Å². The van der Waals surface area contributed by atoms with E-state index in [9.17, 15) is 9.59 Å². The first-order chi connectivity index (χ1) is 11.4. The average molecular weight is 330 g/mol. The number of carbonyl (C=O) groups is 2. The summed E-state index contributed by atoms with van der Waals surface area (Å²) in [6.07, 6.45) is 6.88. The molecule has 1 aliphatic heterocycles. The molecule has 0 aromatic heterocycles. The molecule has 2 unspecified atom stereocenters. The largest absolute Gasteiger partial charge is 0.469 e. The normalized spacial score (nSPS) is 54.2. The fourth-order valence-corrected chi connectivity index (χ4v) is 7.81. The zero-order valence-corrected chi connectivity index (χ0v) is 14.6. The maximum Gasteiger partial charge on any atom is 0.312 e. The molecule has 0 aromatic carbocycles. The van der Waals surface area contributed by atoms with Gasteiger partial charge in [-0.15, -0.1) is 0 Å². The van der Waals surface area contributed by atoms with Crippen LogP contribution in [0.25, 0.3) is 0 Å². The quantitative estimate of drug-likeness (QED) is 0.547. The molecule has 0 radical (unpaired) electrons. The van der Waals surface area contributed by atoms with Crippen LogP contribution in [-0.4, -0.2) is 24.6 Å². The molecule has 1 saturated heterocycles. The number of ether oxygens (including phenoxy) is 2. The Bertz CT molecular complexity index is 669. The molecule has 4 aliphatic carbocycles. The Morgan fingerprint density at radius 1 is 1.33 bits per heavy atom. The van der Waals surface area contributed by atoms with Gasteiger partial charge in [0.1, 0.15) is 5.60 Å². The van der Waals surface area contributed by atoms with Crippen LogP contribution < -0.4 is 0 Å². The smallest absolute Gasteiger partial charge is 0.312 e. The molecular weight excluding hydrogens is 304 g/mol. The van der Waals surface area contributed by atoms with Gasteiger partial charge in [0, 0.05) is 11.8 Å². The lowest BCUT2D eigenvalue weighted by Crippen LogP contribution is -2.47. The molecule has 4 bridgehead atoms. The van der Waals surface area contributed by atoms with Gasteiger partial charge in [0.2, 0.25) is 0 Å². The predicted octanol–water partition coefficient (Wildman–Crippen LogP) is 3.25. The summed E-state index contributed by atoms with van der Waals surface area (Å²) in [5, 5.41) is 0. The number of allylic oxidation sites excluding steroid dienone is 1. The van der Waals surface area contributed by atoms with E-state index in [1.807, 2.05) is 6.92 Å². The van der Waals surface area contributed by atoms with E-state index in [1.165, 1.54) is 12.7 Å². The van der Waals surface area contributed by atoms with Crippen molar-refractivity contribution in [1.82, 2.24) is 0 Å². The molecule has 24 heavy (non-hydrogen) atoms. The number of esters is 2. The summed E-state index contributed by atoms with van der Waals surface area (Å²) in [4.78, 5) is 25.8. The highest BCUT2D eigenvalue weighted by Crippen LogP contribution is 2.77. The van der Waals surface area contributed by atoms with Crippen LogP contribution >= 0.6 is 0 Å². The van der Waals surface area contributed by atoms with Gasteiger partial charge >= 0.3 is 11.9 Å². The lowest BCUT2D eigenvalue weighted by Gasteiger charge is -2.43. The van der Waals surface area contributed by atoms with Gasteiger partial charge in [0.05, 0.1) is 18.4 Å². The summed E-state index contributed by atoms with van der Waals surface area (Å²) in [6.45, 7) is 6.36. The van der Waals surface area contributed by atoms with Gasteiger partial charge in [-0.1, -0.05) is 12.2 Å². The third-order valence-electron chi connectivity index (χ3n) is 8.48. The van der Waals surface area contributed by atoms with Crippen LogP contribution in [0.1, 0.15) is 51.9 Å². The van der Waals surface area contributed by atoms with Crippen LogP contribution in [0, 0.1) is 34.5 Å². The topological polar surface area (TPSA) is 52.6 Å². The highest BCUT2D eigenvalue weighted by Gasteiger charge is 2.81. The number of hydrogen-bond donors (Lipinski definition) is 0. The molecule has 130 valence electrons. The molecule has 4 saturated carbocycles. The first kappa shape index (κ1) is 15.0. The predicted molar refractivity (Wildman–Crippen MR) is 86.8 cm³/mol. The third-order valence-corrected chi connectivity index (χ3v) is 8.48. The van der Waals surface area contributed by atoms with Crippen LogP contribution in [0.5, 0.6) is 0 Å². The van der Waals surface area contributed by atoms with Crippen molar-refractivity contribution in [1.29, 1.82) is 0 Å². The SMILES string of the molecule is C=C1C[C@]23CC1CC[C@H]2[C@@]12CCCC(C)(C(=O)O1)[C@H]2[C@@H]3C(=O)OC. The molecular formula is C20H26O4. The van der Waals surface area contributed by atoms with Crippen LogP contribution in [0.3, 0.4) is 0 Å². The van der Waals surface area contributed by atoms with Gasteiger partial charge in [-0.2, -0.15) is 0 Å². The van der Waals surface area contributed by atoms with Crippen molar-refractivity contribution in [3.8, 4) is 0 Å². The molecule has 7 atom stereocenters. The van der Waals surface area contributed by atoms with Gasteiger partial charge in [-0.25, -0.2) is 0 Å². The van der Waals surface area contributed by atoms with E-state index in [2.05, 4.69) is 6.58 Å². The van der Waals surface area contributed by atoms with Crippen molar-refractivity contribution >= 4 is 11.9 Å². The number of hydrogen-bond acceptors (Lipinski definition) is 4. The van der Waals surface area contributed by atoms with Gasteiger partial charge in [-0.3, -0.25) is 9.59 Å². The van der Waals surface area contributed by atoms with Crippen LogP contribution in [0.15, 0.2) is 12.2 Å². The molecule has 1 spiro atoms. The maximum atomic E-state index is 13.0. The summed E-state index contributed by atoms with van der Waals surface area (Å²) < 4.78 is 11.5. The van der Waals surface area contributed by atoms with Gasteiger partial charge in [0.15, 0.2) is 0 Å². The molecule has 4 nitrogen and oxygen atoms in total. The molecule has 5 rings (SSSR count). The summed E-state index contributed by atoms with van der Waals surface area (Å²) in [5.74, 6) is 0.383. The van der Waals surface area contributed by atoms with E-state index in [-0.39, 0.29) is 29.2 Å². The third kappa shape index (κ3) is 1.36. The first-order valence-corrected chi connectivity index (χ1v) is 9.38. The maximum absolute atomic E-state index is 13.0. The van der Waals surface area contributed by atoms with E-state index >= 15 is 0 Å². The monoisotopic (exact) mass is 330 g/mol. The van der Waals surface area contributed by atoms with Crippen LogP contribution in [-0.2, 0) is 19.1 Å². The van der Waals surface area contributed by atoms with E-state index in [0.717, 1.165) is 44.9 Å². The van der Waals surface area contributed by atoms with E-state index in [1.54, 1.807) is 0 Å². The minimum absolute atomic E-state index is 0.0200. The van der Waals surface area contributed by atoms with Crippen LogP contribution in [0.2, 0.25) is 0 Å². The summed E-state index contributed by atoms with van der Waals surface area (Å²) in [6, 6.07) is 0. The molecule has 1 heterocycles. The van der Waals surface area contributed by atoms with E-state index < -0.39 is 11.0 Å². The zero-order valence-electron chi connectivity index (χ0n) is 14.6. The Labute approximate surface area is 143 Å². The van der Waals surface area contributed by atoms with Crippen molar-refractivity contribution in [2.75, 3.05) is 7.11 Å². The van der Waals surface area contributed by atoms with Gasteiger partial charge in [0.25, 0.3) is 0 Å². The van der Waals surface area contributed by atoms with Crippen molar-refractivity contribution < 1.29 is 19.1 Å². The minimum atomic E-state index is -0.525. The summed E-state index contributed by atoms with van der Waals surface area (Å²) in [7, 11) is 1.48. The fraction of sp³-hybridized carbons (Fsp3) is 0.800. The lowest BCUT2D eigenvalue weighted by molar-refractivity contribution is -0.161. The number of carbonyl (C=O) groups excluding carboxylic acids is 2. The van der Waals surface area contributed by atoms with Crippen molar-refractivity contribution in [3.05, 3.63) is 12.2 Å². The first-order valence-electron chi connectivity index (χ1n) is 9.38. The molecule has 0 amide bonds. The number of methoxy groups -OCH3 is 1. The summed E-state index contributed by atoms with van der Waals surface area (Å²) in [5.41, 5.74) is 0.249. The fourth-order valence-electron chi connectivity index (χ4n) is 7.81. The van der Waals surface area contributed by atoms with Crippen molar-refractivity contribution in [2.24, 2.45) is 34.5 Å². The molecule has 0 aromatic rings. The molecule has 5 aliphatic rings. The lowest BCUT2D eigenvalue weighted by atomic mass is 9.60. The Morgan fingerprint density at radius 2 is 2.12 bits per heavy atom. The highest BCUT2D eigenvalue weighted by molar-refractivity contribution is 5.85.